The first-order chi connectivity index (χ1) is 8.99. The van der Waals surface area contributed by atoms with E-state index in [0.717, 1.165) is 18.7 Å². The summed E-state index contributed by atoms with van der Waals surface area (Å²) in [6.07, 6.45) is 5.86. The molecule has 1 rings (SSSR count). The van der Waals surface area contributed by atoms with Gasteiger partial charge in [0.2, 0.25) is 0 Å². The van der Waals surface area contributed by atoms with E-state index >= 15 is 0 Å². The molecule has 0 saturated carbocycles. The molecular formula is C16H23Cl2N. The zero-order valence-electron chi connectivity index (χ0n) is 12.0. The van der Waals surface area contributed by atoms with Gasteiger partial charge >= 0.3 is 0 Å². The van der Waals surface area contributed by atoms with Crippen molar-refractivity contribution in [3.63, 3.8) is 0 Å². The molecule has 106 valence electrons. The van der Waals surface area contributed by atoms with Crippen LogP contribution in [0.2, 0.25) is 10.0 Å². The van der Waals surface area contributed by atoms with Crippen molar-refractivity contribution in [3.05, 3.63) is 39.9 Å². The third-order valence-electron chi connectivity index (χ3n) is 3.10. The van der Waals surface area contributed by atoms with Crippen molar-refractivity contribution in [2.24, 2.45) is 5.92 Å². The summed E-state index contributed by atoms with van der Waals surface area (Å²) in [5.41, 5.74) is 2.36. The van der Waals surface area contributed by atoms with Crippen LogP contribution in [-0.4, -0.2) is 6.54 Å². The van der Waals surface area contributed by atoms with Crippen molar-refractivity contribution in [2.45, 2.75) is 40.0 Å². The highest BCUT2D eigenvalue weighted by molar-refractivity contribution is 6.36. The van der Waals surface area contributed by atoms with Gasteiger partial charge < -0.3 is 5.32 Å². The Balaban J connectivity index is 2.28. The molecular weight excluding hydrogens is 277 g/mol. The Morgan fingerprint density at radius 1 is 1.26 bits per heavy atom. The van der Waals surface area contributed by atoms with Crippen LogP contribution in [0.3, 0.4) is 0 Å². The minimum atomic E-state index is 0.672. The van der Waals surface area contributed by atoms with E-state index in [1.54, 1.807) is 6.07 Å². The first kappa shape index (κ1) is 16.4. The van der Waals surface area contributed by atoms with Crippen molar-refractivity contribution in [2.75, 3.05) is 11.9 Å². The molecule has 0 saturated heterocycles. The number of anilines is 1. The Morgan fingerprint density at radius 2 is 2.00 bits per heavy atom. The lowest BCUT2D eigenvalue weighted by Gasteiger charge is -2.13. The monoisotopic (exact) mass is 299 g/mol. The van der Waals surface area contributed by atoms with E-state index in [0.29, 0.717) is 16.0 Å². The molecule has 0 fully saturated rings. The summed E-state index contributed by atoms with van der Waals surface area (Å²) in [5.74, 6) is 0.717. The quantitative estimate of drug-likeness (QED) is 0.593. The molecule has 3 heteroatoms. The highest BCUT2D eigenvalue weighted by Gasteiger charge is 2.03. The molecule has 0 spiro atoms. The van der Waals surface area contributed by atoms with Gasteiger partial charge in [0.05, 0.1) is 10.7 Å². The third kappa shape index (κ3) is 6.89. The molecule has 1 aromatic rings. The van der Waals surface area contributed by atoms with Crippen LogP contribution >= 0.6 is 23.2 Å². The number of hydrogen-bond acceptors (Lipinski definition) is 1. The van der Waals surface area contributed by atoms with Crippen molar-refractivity contribution in [3.8, 4) is 0 Å². The van der Waals surface area contributed by atoms with E-state index in [4.69, 9.17) is 23.2 Å². The Hall–Kier alpha value is -0.660. The molecule has 1 aromatic carbocycles. The Morgan fingerprint density at radius 3 is 2.63 bits per heavy atom. The van der Waals surface area contributed by atoms with Crippen LogP contribution in [0.15, 0.2) is 29.8 Å². The third-order valence-corrected chi connectivity index (χ3v) is 3.64. The van der Waals surface area contributed by atoms with E-state index in [1.165, 1.54) is 18.4 Å². The molecule has 0 bridgehead atoms. The molecule has 19 heavy (non-hydrogen) atoms. The van der Waals surface area contributed by atoms with Gasteiger partial charge in [-0.15, -0.1) is 0 Å². The van der Waals surface area contributed by atoms with Gasteiger partial charge in [-0.1, -0.05) is 41.8 Å². The summed E-state index contributed by atoms with van der Waals surface area (Å²) in [6, 6.07) is 5.55. The minimum absolute atomic E-state index is 0.672. The van der Waals surface area contributed by atoms with Crippen LogP contribution in [-0.2, 0) is 0 Å². The van der Waals surface area contributed by atoms with Gasteiger partial charge in [-0.05, 0) is 57.2 Å². The summed E-state index contributed by atoms with van der Waals surface area (Å²) in [4.78, 5) is 0. The summed E-state index contributed by atoms with van der Waals surface area (Å²) in [5, 5.41) is 4.72. The van der Waals surface area contributed by atoms with E-state index < -0.39 is 0 Å². The highest BCUT2D eigenvalue weighted by Crippen LogP contribution is 2.25. The maximum absolute atomic E-state index is 6.11. The summed E-state index contributed by atoms with van der Waals surface area (Å²) < 4.78 is 0. The van der Waals surface area contributed by atoms with Crippen molar-refractivity contribution in [1.82, 2.24) is 0 Å². The van der Waals surface area contributed by atoms with Crippen molar-refractivity contribution in [1.29, 1.82) is 0 Å². The molecule has 1 atom stereocenters. The normalized spacial score (nSPS) is 12.1. The number of allylic oxidation sites excluding steroid dienone is 2. The van der Waals surface area contributed by atoms with E-state index in [1.807, 2.05) is 12.1 Å². The first-order valence-corrected chi connectivity index (χ1v) is 7.57. The second kappa shape index (κ2) is 8.50. The molecule has 0 heterocycles. The number of benzene rings is 1. The molecule has 0 aromatic heterocycles. The van der Waals surface area contributed by atoms with Gasteiger partial charge in [-0.2, -0.15) is 0 Å². The zero-order valence-corrected chi connectivity index (χ0v) is 13.5. The molecule has 0 amide bonds. The number of hydrogen-bond donors (Lipinski definition) is 1. The molecule has 0 radical (unpaired) electrons. The van der Waals surface area contributed by atoms with Gasteiger partial charge in [-0.25, -0.2) is 0 Å². The molecule has 1 unspecified atom stereocenters. The molecule has 0 aliphatic heterocycles. The predicted molar refractivity (Wildman–Crippen MR) is 87.4 cm³/mol. The lowest BCUT2D eigenvalue weighted by Crippen LogP contribution is -2.07. The molecule has 1 nitrogen and oxygen atoms in total. The fourth-order valence-electron chi connectivity index (χ4n) is 1.89. The predicted octanol–water partition coefficient (Wildman–Crippen LogP) is 6.18. The standard InChI is InChI=1S/C16H23Cl2N/c1-12(2)5-4-6-13(3)9-10-19-16-8-7-14(17)11-15(16)18/h5,7-8,11,13,19H,4,6,9-10H2,1-3H3. The Labute approximate surface area is 127 Å². The van der Waals surface area contributed by atoms with Gasteiger partial charge in [0.1, 0.15) is 0 Å². The van der Waals surface area contributed by atoms with Crippen molar-refractivity contribution < 1.29 is 0 Å². The van der Waals surface area contributed by atoms with E-state index in [-0.39, 0.29) is 0 Å². The summed E-state index contributed by atoms with van der Waals surface area (Å²) in [6.45, 7) is 7.53. The average molecular weight is 300 g/mol. The molecule has 0 aliphatic rings. The van der Waals surface area contributed by atoms with Crippen LogP contribution in [0.1, 0.15) is 40.0 Å². The van der Waals surface area contributed by atoms with Gasteiger partial charge in [0.25, 0.3) is 0 Å². The van der Waals surface area contributed by atoms with E-state index in [9.17, 15) is 0 Å². The van der Waals surface area contributed by atoms with Crippen LogP contribution in [0.25, 0.3) is 0 Å². The van der Waals surface area contributed by atoms with Crippen LogP contribution in [0.5, 0.6) is 0 Å². The van der Waals surface area contributed by atoms with Gasteiger partial charge in [0, 0.05) is 11.6 Å². The molecule has 1 N–H and O–H groups in total. The zero-order chi connectivity index (χ0) is 14.3. The largest absolute Gasteiger partial charge is 0.384 e. The van der Waals surface area contributed by atoms with Gasteiger partial charge in [-0.3, -0.25) is 0 Å². The first-order valence-electron chi connectivity index (χ1n) is 6.81. The fraction of sp³-hybridized carbons (Fsp3) is 0.500. The van der Waals surface area contributed by atoms with E-state index in [2.05, 4.69) is 32.2 Å². The Kier molecular flexibility index (Phi) is 7.33. The summed E-state index contributed by atoms with van der Waals surface area (Å²) >= 11 is 12.0. The second-order valence-corrected chi connectivity index (χ2v) is 6.15. The lowest BCUT2D eigenvalue weighted by molar-refractivity contribution is 0.510. The van der Waals surface area contributed by atoms with Gasteiger partial charge in [0.15, 0.2) is 0 Å². The maximum atomic E-state index is 6.11. The second-order valence-electron chi connectivity index (χ2n) is 5.30. The number of nitrogens with one attached hydrogen (secondary N) is 1. The highest BCUT2D eigenvalue weighted by atomic mass is 35.5. The lowest BCUT2D eigenvalue weighted by atomic mass is 10.0. The van der Waals surface area contributed by atoms with Crippen LogP contribution in [0.4, 0.5) is 5.69 Å². The van der Waals surface area contributed by atoms with Crippen molar-refractivity contribution >= 4 is 28.9 Å². The molecule has 0 aliphatic carbocycles. The Bertz CT molecular complexity index is 423. The number of rotatable bonds is 7. The summed E-state index contributed by atoms with van der Waals surface area (Å²) in [7, 11) is 0. The maximum Gasteiger partial charge on any atom is 0.0652 e. The van der Waals surface area contributed by atoms with Crippen LogP contribution in [0, 0.1) is 5.92 Å². The minimum Gasteiger partial charge on any atom is -0.384 e. The fourth-order valence-corrected chi connectivity index (χ4v) is 2.36. The SMILES string of the molecule is CC(C)=CCCC(C)CCNc1ccc(Cl)cc1Cl. The smallest absolute Gasteiger partial charge is 0.0652 e. The van der Waals surface area contributed by atoms with Crippen LogP contribution < -0.4 is 5.32 Å². The number of halogens is 2. The topological polar surface area (TPSA) is 12.0 Å². The average Bonchev–Trinajstić information content (AvgIpc) is 2.31.